The molecule has 1 aromatic heterocycles. The molecule has 3 aromatic rings. The van der Waals surface area contributed by atoms with E-state index >= 15 is 0 Å². The van der Waals surface area contributed by atoms with Gasteiger partial charge in [0.2, 0.25) is 0 Å². The number of rotatable bonds is 7. The third kappa shape index (κ3) is 5.98. The Kier molecular flexibility index (Phi) is 8.12. The Morgan fingerprint density at radius 3 is 2.80 bits per heavy atom. The van der Waals surface area contributed by atoms with Gasteiger partial charge in [0.25, 0.3) is 0 Å². The summed E-state index contributed by atoms with van der Waals surface area (Å²) in [6.07, 6.45) is 5.93. The van der Waals surface area contributed by atoms with Crippen molar-refractivity contribution in [2.24, 2.45) is 4.99 Å². The Morgan fingerprint density at radius 2 is 1.97 bits per heavy atom. The van der Waals surface area contributed by atoms with Crippen LogP contribution in [0.5, 0.6) is 5.75 Å². The number of guanidine groups is 1. The van der Waals surface area contributed by atoms with Gasteiger partial charge in [-0.1, -0.05) is 42.5 Å². The van der Waals surface area contributed by atoms with Gasteiger partial charge in [-0.05, 0) is 29.2 Å². The monoisotopic (exact) mass is 517 g/mol. The fourth-order valence-electron chi connectivity index (χ4n) is 3.48. The number of halogens is 1. The van der Waals surface area contributed by atoms with E-state index in [1.807, 2.05) is 29.1 Å². The molecule has 30 heavy (non-hydrogen) atoms. The molecule has 0 atom stereocenters. The SMILES string of the molecule is CN=C(NCCc1ccc2c(c1)CCO2)NCc1cnn(Cc2ccccc2)c1.I. The van der Waals surface area contributed by atoms with Gasteiger partial charge in [0.15, 0.2) is 5.96 Å². The predicted molar refractivity (Wildman–Crippen MR) is 131 cm³/mol. The summed E-state index contributed by atoms with van der Waals surface area (Å²) in [4.78, 5) is 4.31. The van der Waals surface area contributed by atoms with E-state index in [0.29, 0.717) is 6.54 Å². The van der Waals surface area contributed by atoms with Crippen LogP contribution in [0.4, 0.5) is 0 Å². The second-order valence-corrected chi connectivity index (χ2v) is 7.17. The largest absolute Gasteiger partial charge is 0.493 e. The summed E-state index contributed by atoms with van der Waals surface area (Å²) in [5.74, 6) is 1.83. The molecular formula is C23H28IN5O. The Balaban J connectivity index is 0.00000256. The van der Waals surface area contributed by atoms with Gasteiger partial charge in [-0.3, -0.25) is 9.67 Å². The highest BCUT2D eigenvalue weighted by atomic mass is 127. The van der Waals surface area contributed by atoms with Crippen LogP contribution >= 0.6 is 24.0 Å². The van der Waals surface area contributed by atoms with Crippen molar-refractivity contribution in [2.75, 3.05) is 20.2 Å². The lowest BCUT2D eigenvalue weighted by Gasteiger charge is -2.11. The number of aromatic nitrogens is 2. The Morgan fingerprint density at radius 1 is 1.10 bits per heavy atom. The molecule has 158 valence electrons. The topological polar surface area (TPSA) is 63.5 Å². The second-order valence-electron chi connectivity index (χ2n) is 7.17. The van der Waals surface area contributed by atoms with Crippen molar-refractivity contribution in [3.8, 4) is 5.75 Å². The molecule has 0 fully saturated rings. The van der Waals surface area contributed by atoms with E-state index in [0.717, 1.165) is 49.8 Å². The molecule has 0 saturated heterocycles. The highest BCUT2D eigenvalue weighted by Crippen LogP contribution is 2.25. The molecule has 1 aliphatic heterocycles. The third-order valence-corrected chi connectivity index (χ3v) is 5.02. The Labute approximate surface area is 194 Å². The molecule has 7 heteroatoms. The minimum atomic E-state index is 0. The first-order valence-corrected chi connectivity index (χ1v) is 10.0. The molecule has 0 radical (unpaired) electrons. The van der Waals surface area contributed by atoms with Gasteiger partial charge in [-0.15, -0.1) is 24.0 Å². The highest BCUT2D eigenvalue weighted by molar-refractivity contribution is 14.0. The van der Waals surface area contributed by atoms with Crippen LogP contribution in [0.1, 0.15) is 22.3 Å². The number of hydrogen-bond donors (Lipinski definition) is 2. The van der Waals surface area contributed by atoms with Gasteiger partial charge in [0.1, 0.15) is 5.75 Å². The van der Waals surface area contributed by atoms with Crippen LogP contribution in [0, 0.1) is 0 Å². The van der Waals surface area contributed by atoms with Gasteiger partial charge < -0.3 is 15.4 Å². The fraction of sp³-hybridized carbons (Fsp3) is 0.304. The lowest BCUT2D eigenvalue weighted by atomic mass is 10.1. The minimum absolute atomic E-state index is 0. The minimum Gasteiger partial charge on any atom is -0.493 e. The summed E-state index contributed by atoms with van der Waals surface area (Å²) in [5, 5.41) is 11.2. The van der Waals surface area contributed by atoms with Crippen LogP contribution in [0.15, 0.2) is 65.9 Å². The summed E-state index contributed by atoms with van der Waals surface area (Å²) in [5.41, 5.74) is 5.00. The van der Waals surface area contributed by atoms with Crippen molar-refractivity contribution in [2.45, 2.75) is 25.9 Å². The van der Waals surface area contributed by atoms with E-state index in [1.54, 1.807) is 7.05 Å². The second kappa shape index (κ2) is 11.0. The molecule has 0 amide bonds. The maximum absolute atomic E-state index is 5.57. The van der Waals surface area contributed by atoms with Crippen LogP contribution in [0.2, 0.25) is 0 Å². The fourth-order valence-corrected chi connectivity index (χ4v) is 3.48. The number of nitrogens with one attached hydrogen (secondary N) is 2. The molecule has 0 unspecified atom stereocenters. The van der Waals surface area contributed by atoms with E-state index < -0.39 is 0 Å². The number of hydrogen-bond acceptors (Lipinski definition) is 3. The molecule has 2 aromatic carbocycles. The predicted octanol–water partition coefficient (Wildman–Crippen LogP) is 3.39. The van der Waals surface area contributed by atoms with Crippen molar-refractivity contribution < 1.29 is 4.74 Å². The number of nitrogens with zero attached hydrogens (tertiary/aromatic N) is 3. The van der Waals surface area contributed by atoms with Gasteiger partial charge in [-0.2, -0.15) is 5.10 Å². The number of aliphatic imine (C=N–C) groups is 1. The van der Waals surface area contributed by atoms with E-state index in [2.05, 4.69) is 57.3 Å². The van der Waals surface area contributed by atoms with Gasteiger partial charge in [0, 0.05) is 38.3 Å². The maximum atomic E-state index is 5.57. The molecule has 2 heterocycles. The Bertz CT molecular complexity index is 971. The summed E-state index contributed by atoms with van der Waals surface area (Å²) in [7, 11) is 1.79. The van der Waals surface area contributed by atoms with Crippen LogP contribution in [-0.4, -0.2) is 35.9 Å². The van der Waals surface area contributed by atoms with Crippen molar-refractivity contribution >= 4 is 29.9 Å². The average molecular weight is 517 g/mol. The number of benzene rings is 2. The van der Waals surface area contributed by atoms with Crippen LogP contribution in [0.3, 0.4) is 0 Å². The van der Waals surface area contributed by atoms with Crippen LogP contribution < -0.4 is 15.4 Å². The number of fused-ring (bicyclic) bond motifs is 1. The summed E-state index contributed by atoms with van der Waals surface area (Å²) < 4.78 is 7.53. The van der Waals surface area contributed by atoms with E-state index in [-0.39, 0.29) is 24.0 Å². The van der Waals surface area contributed by atoms with E-state index in [9.17, 15) is 0 Å². The van der Waals surface area contributed by atoms with Crippen molar-refractivity contribution in [1.82, 2.24) is 20.4 Å². The molecule has 0 saturated carbocycles. The number of ether oxygens (including phenoxy) is 1. The van der Waals surface area contributed by atoms with Crippen molar-refractivity contribution in [3.63, 3.8) is 0 Å². The van der Waals surface area contributed by atoms with E-state index in [4.69, 9.17) is 4.74 Å². The molecule has 0 aliphatic carbocycles. The zero-order valence-corrected chi connectivity index (χ0v) is 19.5. The Hall–Kier alpha value is -2.55. The summed E-state index contributed by atoms with van der Waals surface area (Å²) in [6.45, 7) is 3.09. The first-order valence-electron chi connectivity index (χ1n) is 10.0. The molecule has 1 aliphatic rings. The molecule has 6 nitrogen and oxygen atoms in total. The van der Waals surface area contributed by atoms with Gasteiger partial charge >= 0.3 is 0 Å². The van der Waals surface area contributed by atoms with Gasteiger partial charge in [0.05, 0.1) is 19.3 Å². The van der Waals surface area contributed by atoms with Crippen LogP contribution in [0.25, 0.3) is 0 Å². The third-order valence-electron chi connectivity index (χ3n) is 5.02. The molecule has 0 bridgehead atoms. The molecular weight excluding hydrogens is 489 g/mol. The van der Waals surface area contributed by atoms with Gasteiger partial charge in [-0.25, -0.2) is 0 Å². The summed E-state index contributed by atoms with van der Waals surface area (Å²) in [6, 6.07) is 16.8. The first kappa shape index (κ1) is 22.1. The molecule has 0 spiro atoms. The maximum Gasteiger partial charge on any atom is 0.191 e. The van der Waals surface area contributed by atoms with E-state index in [1.165, 1.54) is 16.7 Å². The molecule has 2 N–H and O–H groups in total. The zero-order chi connectivity index (χ0) is 19.9. The first-order chi connectivity index (χ1) is 14.3. The normalized spacial score (nSPS) is 12.6. The standard InChI is InChI=1S/C23H27N5O.HI/c1-24-23(25-11-9-18-7-8-22-21(13-18)10-12-29-22)26-14-20-15-27-28(17-20)16-19-5-3-2-4-6-19;/h2-8,13,15,17H,9-12,14,16H2,1H3,(H2,24,25,26);1H. The van der Waals surface area contributed by atoms with Crippen LogP contribution in [-0.2, 0) is 25.9 Å². The average Bonchev–Trinajstić information content (AvgIpc) is 3.40. The lowest BCUT2D eigenvalue weighted by Crippen LogP contribution is -2.37. The lowest BCUT2D eigenvalue weighted by molar-refractivity contribution is 0.357. The zero-order valence-electron chi connectivity index (χ0n) is 17.2. The van der Waals surface area contributed by atoms with Crippen molar-refractivity contribution in [3.05, 3.63) is 83.2 Å². The molecule has 4 rings (SSSR count). The quantitative estimate of drug-likeness (QED) is 0.287. The van der Waals surface area contributed by atoms with Crippen molar-refractivity contribution in [1.29, 1.82) is 0 Å². The highest BCUT2D eigenvalue weighted by Gasteiger charge is 2.11. The smallest absolute Gasteiger partial charge is 0.191 e. The summed E-state index contributed by atoms with van der Waals surface area (Å²) >= 11 is 0.